The van der Waals surface area contributed by atoms with Crippen molar-refractivity contribution in [2.75, 3.05) is 18.4 Å². The van der Waals surface area contributed by atoms with Crippen molar-refractivity contribution in [3.63, 3.8) is 0 Å². The van der Waals surface area contributed by atoms with Crippen LogP contribution in [0.15, 0.2) is 22.7 Å². The Morgan fingerprint density at radius 1 is 1.45 bits per heavy atom. The molecule has 0 aromatic heterocycles. The van der Waals surface area contributed by atoms with Crippen LogP contribution in [0.2, 0.25) is 0 Å². The van der Waals surface area contributed by atoms with E-state index in [2.05, 4.69) is 32.6 Å². The molecule has 3 rings (SSSR count). The van der Waals surface area contributed by atoms with Crippen molar-refractivity contribution in [3.05, 3.63) is 28.2 Å². The number of piperidine rings is 1. The van der Waals surface area contributed by atoms with Crippen molar-refractivity contribution in [2.45, 2.75) is 19.3 Å². The number of halogens is 1. The molecular formula is C15H16BrN3O. The van der Waals surface area contributed by atoms with Crippen molar-refractivity contribution in [1.82, 2.24) is 5.32 Å². The van der Waals surface area contributed by atoms with Gasteiger partial charge >= 0.3 is 0 Å². The first-order chi connectivity index (χ1) is 9.64. The van der Waals surface area contributed by atoms with Gasteiger partial charge in [-0.3, -0.25) is 4.79 Å². The lowest BCUT2D eigenvalue weighted by molar-refractivity contribution is -0.118. The van der Waals surface area contributed by atoms with Gasteiger partial charge in [-0.15, -0.1) is 0 Å². The Morgan fingerprint density at radius 3 is 2.90 bits per heavy atom. The molecule has 2 fully saturated rings. The van der Waals surface area contributed by atoms with Gasteiger partial charge in [0, 0.05) is 10.4 Å². The van der Waals surface area contributed by atoms with Gasteiger partial charge in [-0.1, -0.05) is 15.9 Å². The minimum atomic E-state index is 0.0609. The largest absolute Gasteiger partial charge is 0.325 e. The van der Waals surface area contributed by atoms with Crippen molar-refractivity contribution < 1.29 is 4.79 Å². The fourth-order valence-electron chi connectivity index (χ4n) is 3.13. The maximum Gasteiger partial charge on any atom is 0.228 e. The molecule has 1 spiro atoms. The number of amides is 1. The second kappa shape index (κ2) is 5.19. The summed E-state index contributed by atoms with van der Waals surface area (Å²) in [6, 6.07) is 7.46. The molecule has 0 bridgehead atoms. The van der Waals surface area contributed by atoms with Crippen LogP contribution in [0.1, 0.15) is 24.8 Å². The van der Waals surface area contributed by atoms with Crippen LogP contribution < -0.4 is 10.6 Å². The smallest absolute Gasteiger partial charge is 0.228 e. The fourth-order valence-corrected chi connectivity index (χ4v) is 3.49. The summed E-state index contributed by atoms with van der Waals surface area (Å²) in [6.45, 7) is 2.01. The molecule has 1 heterocycles. The van der Waals surface area contributed by atoms with E-state index in [1.54, 1.807) is 12.1 Å². The normalized spacial score (nSPS) is 23.1. The number of hydrogen-bond donors (Lipinski definition) is 2. The molecule has 1 aliphatic carbocycles. The van der Waals surface area contributed by atoms with E-state index in [0.29, 0.717) is 11.3 Å². The van der Waals surface area contributed by atoms with Crippen molar-refractivity contribution in [3.8, 4) is 6.07 Å². The van der Waals surface area contributed by atoms with E-state index >= 15 is 0 Å². The molecule has 4 nitrogen and oxygen atoms in total. The molecule has 104 valence electrons. The number of carbonyl (C=O) groups excluding carboxylic acids is 1. The number of anilines is 1. The Labute approximate surface area is 126 Å². The van der Waals surface area contributed by atoms with Gasteiger partial charge in [0.2, 0.25) is 5.91 Å². The second-order valence-corrected chi connectivity index (χ2v) is 6.58. The van der Waals surface area contributed by atoms with Crippen molar-refractivity contribution >= 4 is 27.5 Å². The van der Waals surface area contributed by atoms with Gasteiger partial charge in [0.15, 0.2) is 0 Å². The molecule has 1 amide bonds. The van der Waals surface area contributed by atoms with Gasteiger partial charge < -0.3 is 10.6 Å². The minimum absolute atomic E-state index is 0.0609. The van der Waals surface area contributed by atoms with Gasteiger partial charge in [-0.25, -0.2) is 0 Å². The molecule has 1 aliphatic heterocycles. The maximum absolute atomic E-state index is 12.3. The monoisotopic (exact) mass is 333 g/mol. The van der Waals surface area contributed by atoms with Crippen LogP contribution in [0.25, 0.3) is 0 Å². The number of carbonyl (C=O) groups is 1. The zero-order valence-corrected chi connectivity index (χ0v) is 12.7. The highest BCUT2D eigenvalue weighted by Crippen LogP contribution is 2.58. The van der Waals surface area contributed by atoms with Crippen LogP contribution in [0.5, 0.6) is 0 Å². The van der Waals surface area contributed by atoms with E-state index in [1.165, 1.54) is 0 Å². The first-order valence-corrected chi connectivity index (χ1v) is 7.65. The van der Waals surface area contributed by atoms with Gasteiger partial charge in [0.05, 0.1) is 11.3 Å². The predicted molar refractivity (Wildman–Crippen MR) is 80.1 cm³/mol. The Hall–Kier alpha value is -1.38. The average molecular weight is 334 g/mol. The lowest BCUT2D eigenvalue weighted by Gasteiger charge is -2.23. The van der Waals surface area contributed by atoms with E-state index in [1.807, 2.05) is 6.07 Å². The Morgan fingerprint density at radius 2 is 2.20 bits per heavy atom. The molecule has 5 heteroatoms. The number of nitrogens with one attached hydrogen (secondary N) is 2. The molecule has 20 heavy (non-hydrogen) atoms. The number of nitrogens with zero attached hydrogens (tertiary/aromatic N) is 1. The van der Waals surface area contributed by atoms with Gasteiger partial charge in [-0.2, -0.15) is 5.26 Å². The summed E-state index contributed by atoms with van der Waals surface area (Å²) >= 11 is 3.33. The second-order valence-electron chi connectivity index (χ2n) is 5.66. The first-order valence-electron chi connectivity index (χ1n) is 6.86. The summed E-state index contributed by atoms with van der Waals surface area (Å²) < 4.78 is 0.841. The van der Waals surface area contributed by atoms with Gasteiger partial charge in [0.1, 0.15) is 6.07 Å². The van der Waals surface area contributed by atoms with Gasteiger partial charge in [-0.05, 0) is 56.0 Å². The first kappa shape index (κ1) is 13.6. The number of nitriles is 1. The van der Waals surface area contributed by atoms with E-state index < -0.39 is 0 Å². The molecule has 1 aromatic rings. The third-order valence-corrected chi connectivity index (χ3v) is 4.96. The zero-order valence-electron chi connectivity index (χ0n) is 11.1. The molecule has 1 atom stereocenters. The Balaban J connectivity index is 1.70. The molecule has 1 saturated heterocycles. The van der Waals surface area contributed by atoms with Crippen LogP contribution in [-0.2, 0) is 4.79 Å². The SMILES string of the molecule is N#Cc1cc(Br)ccc1NC(=O)C1CC12CCNCC2. The summed E-state index contributed by atoms with van der Waals surface area (Å²) in [6.07, 6.45) is 3.14. The lowest BCUT2D eigenvalue weighted by Crippen LogP contribution is -2.31. The summed E-state index contributed by atoms with van der Waals surface area (Å²) in [5.74, 6) is 0.172. The van der Waals surface area contributed by atoms with Crippen LogP contribution >= 0.6 is 15.9 Å². The average Bonchev–Trinajstić information content (AvgIpc) is 3.15. The lowest BCUT2D eigenvalue weighted by atomic mass is 9.91. The minimum Gasteiger partial charge on any atom is -0.325 e. The predicted octanol–water partition coefficient (Wildman–Crippen LogP) is 2.65. The summed E-state index contributed by atoms with van der Waals surface area (Å²) in [7, 11) is 0. The van der Waals surface area contributed by atoms with Gasteiger partial charge in [0.25, 0.3) is 0 Å². The van der Waals surface area contributed by atoms with Crippen LogP contribution in [0.4, 0.5) is 5.69 Å². The van der Waals surface area contributed by atoms with Crippen LogP contribution in [0, 0.1) is 22.7 Å². The van der Waals surface area contributed by atoms with Crippen molar-refractivity contribution in [2.24, 2.45) is 11.3 Å². The summed E-state index contributed by atoms with van der Waals surface area (Å²) in [5.41, 5.74) is 1.32. The quantitative estimate of drug-likeness (QED) is 0.874. The fraction of sp³-hybridized carbons (Fsp3) is 0.467. The van der Waals surface area contributed by atoms with Crippen LogP contribution in [0.3, 0.4) is 0 Å². The van der Waals surface area contributed by atoms with E-state index in [0.717, 1.165) is 36.8 Å². The van der Waals surface area contributed by atoms with E-state index in [9.17, 15) is 4.79 Å². The topological polar surface area (TPSA) is 64.9 Å². The third kappa shape index (κ3) is 2.46. The summed E-state index contributed by atoms with van der Waals surface area (Å²) in [4.78, 5) is 12.3. The molecule has 1 aromatic carbocycles. The molecule has 0 radical (unpaired) electrons. The number of rotatable bonds is 2. The zero-order chi connectivity index (χ0) is 14.2. The molecule has 1 unspecified atom stereocenters. The Bertz CT molecular complexity index is 587. The van der Waals surface area contributed by atoms with E-state index in [-0.39, 0.29) is 17.2 Å². The highest BCUT2D eigenvalue weighted by atomic mass is 79.9. The third-order valence-electron chi connectivity index (χ3n) is 4.47. The molecule has 1 saturated carbocycles. The summed E-state index contributed by atoms with van der Waals surface area (Å²) in [5, 5.41) is 15.4. The Kier molecular flexibility index (Phi) is 3.53. The highest BCUT2D eigenvalue weighted by Gasteiger charge is 2.57. The molecule has 2 N–H and O–H groups in total. The van der Waals surface area contributed by atoms with E-state index in [4.69, 9.17) is 5.26 Å². The van der Waals surface area contributed by atoms with Crippen molar-refractivity contribution in [1.29, 1.82) is 5.26 Å². The highest BCUT2D eigenvalue weighted by molar-refractivity contribution is 9.10. The number of benzene rings is 1. The standard InChI is InChI=1S/C15H16BrN3O/c16-11-1-2-13(10(7-11)9-17)19-14(20)12-8-15(12)3-5-18-6-4-15/h1-2,7,12,18H,3-6,8H2,(H,19,20). The van der Waals surface area contributed by atoms with Crippen LogP contribution in [-0.4, -0.2) is 19.0 Å². The maximum atomic E-state index is 12.3. The molecule has 2 aliphatic rings. The number of hydrogen-bond acceptors (Lipinski definition) is 3. The molecular weight excluding hydrogens is 318 g/mol.